The van der Waals surface area contributed by atoms with E-state index >= 15 is 0 Å². The highest BCUT2D eigenvalue weighted by atomic mass is 16.5. The molecule has 0 unspecified atom stereocenters. The first-order valence-corrected chi connectivity index (χ1v) is 6.40. The molecule has 0 radical (unpaired) electrons. The predicted molar refractivity (Wildman–Crippen MR) is 72.3 cm³/mol. The van der Waals surface area contributed by atoms with Gasteiger partial charge in [-0.15, -0.1) is 0 Å². The molecule has 4 rings (SSSR count). The average Bonchev–Trinajstić information content (AvgIpc) is 3.07. The molecule has 0 amide bonds. The van der Waals surface area contributed by atoms with Crippen LogP contribution >= 0.6 is 0 Å². The van der Waals surface area contributed by atoms with E-state index in [4.69, 9.17) is 4.74 Å². The Balaban J connectivity index is 2.06. The number of hydrogen-bond acceptors (Lipinski definition) is 3. The first-order valence-electron chi connectivity index (χ1n) is 6.40. The fourth-order valence-electron chi connectivity index (χ4n) is 2.77. The van der Waals surface area contributed by atoms with Gasteiger partial charge in [-0.25, -0.2) is 4.68 Å². The summed E-state index contributed by atoms with van der Waals surface area (Å²) in [6, 6.07) is 7.83. The molecule has 19 heavy (non-hydrogen) atoms. The predicted octanol–water partition coefficient (Wildman–Crippen LogP) is 1.84. The summed E-state index contributed by atoms with van der Waals surface area (Å²) < 4.78 is 7.28. The van der Waals surface area contributed by atoms with E-state index in [1.807, 2.05) is 35.1 Å². The smallest absolute Gasteiger partial charge is 0.257 e. The number of nitrogens with one attached hydrogen (secondary N) is 1. The minimum absolute atomic E-state index is 0.0660. The number of nitrogens with zero attached hydrogens (tertiary/aromatic N) is 2. The second kappa shape index (κ2) is 3.93. The van der Waals surface area contributed by atoms with Gasteiger partial charge >= 0.3 is 0 Å². The molecule has 96 valence electrons. The number of rotatable bonds is 1. The van der Waals surface area contributed by atoms with Crippen LogP contribution in [-0.4, -0.2) is 28.0 Å². The number of H-pyrrole nitrogens is 1. The Labute approximate surface area is 108 Å². The zero-order chi connectivity index (χ0) is 12.8. The van der Waals surface area contributed by atoms with Gasteiger partial charge in [0.2, 0.25) is 0 Å². The molecule has 3 aromatic rings. The van der Waals surface area contributed by atoms with E-state index in [2.05, 4.69) is 10.1 Å². The van der Waals surface area contributed by atoms with Crippen molar-refractivity contribution in [1.29, 1.82) is 0 Å². The van der Waals surface area contributed by atoms with E-state index in [1.165, 1.54) is 0 Å². The number of ether oxygens (including phenoxy) is 1. The van der Waals surface area contributed by atoms with Crippen LogP contribution in [0.2, 0.25) is 0 Å². The van der Waals surface area contributed by atoms with E-state index in [0.29, 0.717) is 12.0 Å². The maximum atomic E-state index is 12.1. The summed E-state index contributed by atoms with van der Waals surface area (Å²) in [5.74, 6) is 0. The Morgan fingerprint density at radius 3 is 2.89 bits per heavy atom. The van der Waals surface area contributed by atoms with Crippen LogP contribution in [0.1, 0.15) is 12.5 Å². The molecular weight excluding hydrogens is 242 g/mol. The summed E-state index contributed by atoms with van der Waals surface area (Å²) in [7, 11) is 0. The van der Waals surface area contributed by atoms with Crippen LogP contribution < -0.4 is 5.56 Å². The zero-order valence-electron chi connectivity index (χ0n) is 10.3. The average molecular weight is 255 g/mol. The molecule has 0 aliphatic carbocycles. The molecule has 1 aliphatic rings. The summed E-state index contributed by atoms with van der Waals surface area (Å²) in [4.78, 5) is 15.1. The lowest BCUT2D eigenvalue weighted by molar-refractivity contribution is 0.185. The molecule has 3 heterocycles. The monoisotopic (exact) mass is 255 g/mol. The summed E-state index contributed by atoms with van der Waals surface area (Å²) in [5, 5.41) is 7.08. The van der Waals surface area contributed by atoms with Gasteiger partial charge in [0, 0.05) is 17.4 Å². The Kier molecular flexibility index (Phi) is 2.22. The summed E-state index contributed by atoms with van der Waals surface area (Å²) in [5.41, 5.74) is 0.725. The topological polar surface area (TPSA) is 59.9 Å². The van der Waals surface area contributed by atoms with Crippen LogP contribution in [0, 0.1) is 0 Å². The van der Waals surface area contributed by atoms with Crippen LogP contribution in [0.4, 0.5) is 0 Å². The summed E-state index contributed by atoms with van der Waals surface area (Å²) >= 11 is 0. The van der Waals surface area contributed by atoms with E-state index in [1.54, 1.807) is 0 Å². The fraction of sp³-hybridized carbons (Fsp3) is 0.286. The third kappa shape index (κ3) is 1.51. The van der Waals surface area contributed by atoms with Gasteiger partial charge in [0.1, 0.15) is 5.65 Å². The fourth-order valence-corrected chi connectivity index (χ4v) is 2.77. The molecule has 5 heteroatoms. The molecule has 1 aliphatic heterocycles. The van der Waals surface area contributed by atoms with Crippen molar-refractivity contribution >= 4 is 21.8 Å². The number of aromatic nitrogens is 3. The third-order valence-electron chi connectivity index (χ3n) is 3.74. The molecule has 5 nitrogen and oxygen atoms in total. The SMILES string of the molecule is O=c1[nH]c2c(cnn2[C@H]2CCOC2)c2ccccc12. The van der Waals surface area contributed by atoms with Gasteiger partial charge < -0.3 is 9.72 Å². The van der Waals surface area contributed by atoms with Crippen molar-refractivity contribution in [3.05, 3.63) is 40.8 Å². The van der Waals surface area contributed by atoms with Crippen LogP contribution in [0.3, 0.4) is 0 Å². The number of aromatic amines is 1. The number of hydrogen-bond donors (Lipinski definition) is 1. The van der Waals surface area contributed by atoms with E-state index < -0.39 is 0 Å². The second-order valence-electron chi connectivity index (χ2n) is 4.87. The van der Waals surface area contributed by atoms with Crippen molar-refractivity contribution in [3.8, 4) is 0 Å². The lowest BCUT2D eigenvalue weighted by Crippen LogP contribution is -2.14. The van der Waals surface area contributed by atoms with E-state index in [9.17, 15) is 4.79 Å². The normalized spacial score (nSPS) is 19.5. The van der Waals surface area contributed by atoms with Crippen LogP contribution in [0.25, 0.3) is 21.8 Å². The first-order chi connectivity index (χ1) is 9.34. The van der Waals surface area contributed by atoms with Crippen LogP contribution in [-0.2, 0) is 4.74 Å². The van der Waals surface area contributed by atoms with E-state index in [0.717, 1.165) is 29.4 Å². The van der Waals surface area contributed by atoms with Crippen molar-refractivity contribution in [2.24, 2.45) is 0 Å². The van der Waals surface area contributed by atoms with Gasteiger partial charge in [-0.05, 0) is 17.9 Å². The van der Waals surface area contributed by atoms with Crippen LogP contribution in [0.15, 0.2) is 35.3 Å². The van der Waals surface area contributed by atoms with Gasteiger partial charge in [0.15, 0.2) is 0 Å². The number of fused-ring (bicyclic) bond motifs is 3. The molecule has 1 atom stereocenters. The molecule has 0 bridgehead atoms. The largest absolute Gasteiger partial charge is 0.379 e. The lowest BCUT2D eigenvalue weighted by Gasteiger charge is -2.09. The molecule has 2 aromatic heterocycles. The summed E-state index contributed by atoms with van der Waals surface area (Å²) in [6.07, 6.45) is 2.76. The van der Waals surface area contributed by atoms with Gasteiger partial charge in [-0.3, -0.25) is 4.79 Å². The third-order valence-corrected chi connectivity index (χ3v) is 3.74. The highest BCUT2D eigenvalue weighted by Crippen LogP contribution is 2.25. The highest BCUT2D eigenvalue weighted by molar-refractivity contribution is 6.03. The Bertz CT molecular complexity index is 812. The van der Waals surface area contributed by atoms with Gasteiger partial charge in [0.05, 0.1) is 18.8 Å². The van der Waals surface area contributed by atoms with Crippen molar-refractivity contribution in [1.82, 2.24) is 14.8 Å². The zero-order valence-corrected chi connectivity index (χ0v) is 10.3. The Morgan fingerprint density at radius 2 is 2.11 bits per heavy atom. The number of pyridine rings is 1. The highest BCUT2D eigenvalue weighted by Gasteiger charge is 2.21. The molecule has 1 saturated heterocycles. The standard InChI is InChI=1S/C14H13N3O2/c18-14-11-4-2-1-3-10(11)12-7-15-17(13(12)16-14)9-5-6-19-8-9/h1-4,7,9H,5-6,8H2,(H,16,18)/t9-/m0/s1. The van der Waals surface area contributed by atoms with Crippen molar-refractivity contribution < 1.29 is 4.74 Å². The van der Waals surface area contributed by atoms with Gasteiger partial charge in [-0.1, -0.05) is 18.2 Å². The maximum Gasteiger partial charge on any atom is 0.257 e. The minimum Gasteiger partial charge on any atom is -0.379 e. The summed E-state index contributed by atoms with van der Waals surface area (Å²) in [6.45, 7) is 1.41. The Hall–Kier alpha value is -2.14. The molecule has 0 spiro atoms. The first kappa shape index (κ1) is 10.8. The van der Waals surface area contributed by atoms with Crippen molar-refractivity contribution in [2.45, 2.75) is 12.5 Å². The molecule has 1 fully saturated rings. The molecule has 1 N–H and O–H groups in total. The molecular formula is C14H13N3O2. The molecule has 1 aromatic carbocycles. The lowest BCUT2D eigenvalue weighted by atomic mass is 10.1. The second-order valence-corrected chi connectivity index (χ2v) is 4.87. The molecule has 0 saturated carbocycles. The van der Waals surface area contributed by atoms with E-state index in [-0.39, 0.29) is 11.6 Å². The maximum absolute atomic E-state index is 12.1. The van der Waals surface area contributed by atoms with Gasteiger partial charge in [-0.2, -0.15) is 5.10 Å². The van der Waals surface area contributed by atoms with Gasteiger partial charge in [0.25, 0.3) is 5.56 Å². The number of benzene rings is 1. The van der Waals surface area contributed by atoms with Crippen molar-refractivity contribution in [2.75, 3.05) is 13.2 Å². The van der Waals surface area contributed by atoms with Crippen molar-refractivity contribution in [3.63, 3.8) is 0 Å². The quantitative estimate of drug-likeness (QED) is 0.721. The Morgan fingerprint density at radius 1 is 1.26 bits per heavy atom. The minimum atomic E-state index is -0.0660. The van der Waals surface area contributed by atoms with Crippen LogP contribution in [0.5, 0.6) is 0 Å².